The fourth-order valence-electron chi connectivity index (χ4n) is 2.08. The van der Waals surface area contributed by atoms with Crippen LogP contribution in [0, 0.1) is 18.3 Å². The Morgan fingerprint density at radius 2 is 2.22 bits per heavy atom. The van der Waals surface area contributed by atoms with E-state index in [0.717, 1.165) is 17.8 Å². The highest BCUT2D eigenvalue weighted by Crippen LogP contribution is 2.11. The summed E-state index contributed by atoms with van der Waals surface area (Å²) in [7, 11) is 0. The van der Waals surface area contributed by atoms with Crippen LogP contribution in [0.15, 0.2) is 24.3 Å². The van der Waals surface area contributed by atoms with E-state index in [4.69, 9.17) is 5.26 Å². The van der Waals surface area contributed by atoms with E-state index in [2.05, 4.69) is 48.4 Å². The molecule has 0 aliphatic heterocycles. The zero-order valence-corrected chi connectivity index (χ0v) is 10.7. The summed E-state index contributed by atoms with van der Waals surface area (Å²) in [4.78, 5) is 0. The molecule has 0 bridgehead atoms. The number of aromatic nitrogens is 3. The van der Waals surface area contributed by atoms with Crippen molar-refractivity contribution >= 4 is 0 Å². The summed E-state index contributed by atoms with van der Waals surface area (Å²) in [5.74, 6) is 0. The molecule has 0 unspecified atom stereocenters. The van der Waals surface area contributed by atoms with E-state index in [-0.39, 0.29) is 0 Å². The molecule has 0 saturated carbocycles. The summed E-state index contributed by atoms with van der Waals surface area (Å²) < 4.78 is 1.89. The molecule has 92 valence electrons. The SMILES string of the molecule is CCc1c(CC#N)nnn1Cc1cccc(C)c1. The van der Waals surface area contributed by atoms with Crippen LogP contribution >= 0.6 is 0 Å². The second-order valence-corrected chi connectivity index (χ2v) is 4.32. The third kappa shape index (κ3) is 2.57. The lowest BCUT2D eigenvalue weighted by atomic mass is 10.1. The largest absolute Gasteiger partial charge is 0.245 e. The first-order valence-electron chi connectivity index (χ1n) is 6.08. The molecule has 0 fully saturated rings. The monoisotopic (exact) mass is 240 g/mol. The molecule has 1 aromatic carbocycles. The zero-order chi connectivity index (χ0) is 13.0. The number of nitrogens with zero attached hydrogens (tertiary/aromatic N) is 4. The molecule has 4 nitrogen and oxygen atoms in total. The van der Waals surface area contributed by atoms with Gasteiger partial charge in [0.15, 0.2) is 0 Å². The highest BCUT2D eigenvalue weighted by Gasteiger charge is 2.10. The van der Waals surface area contributed by atoms with Gasteiger partial charge in [-0.15, -0.1) is 5.10 Å². The molecule has 0 aliphatic rings. The van der Waals surface area contributed by atoms with Crippen molar-refractivity contribution in [3.8, 4) is 6.07 Å². The van der Waals surface area contributed by atoms with Gasteiger partial charge in [0.05, 0.1) is 30.4 Å². The fraction of sp³-hybridized carbons (Fsp3) is 0.357. The van der Waals surface area contributed by atoms with Crippen LogP contribution in [0.2, 0.25) is 0 Å². The van der Waals surface area contributed by atoms with Gasteiger partial charge in [0.1, 0.15) is 0 Å². The van der Waals surface area contributed by atoms with Gasteiger partial charge in [-0.2, -0.15) is 5.26 Å². The van der Waals surface area contributed by atoms with Crippen LogP contribution in [0.1, 0.15) is 29.4 Å². The maximum atomic E-state index is 8.75. The minimum atomic E-state index is 0.330. The molecule has 0 aliphatic carbocycles. The van der Waals surface area contributed by atoms with Crippen LogP contribution in [0.25, 0.3) is 0 Å². The molecule has 0 radical (unpaired) electrons. The number of aryl methyl sites for hydroxylation is 1. The van der Waals surface area contributed by atoms with Crippen molar-refractivity contribution in [2.75, 3.05) is 0 Å². The van der Waals surface area contributed by atoms with Gasteiger partial charge in [-0.3, -0.25) is 0 Å². The van der Waals surface area contributed by atoms with E-state index >= 15 is 0 Å². The Hall–Kier alpha value is -2.15. The molecule has 0 amide bonds. The highest BCUT2D eigenvalue weighted by molar-refractivity contribution is 5.23. The lowest BCUT2D eigenvalue weighted by Crippen LogP contribution is -2.06. The second kappa shape index (κ2) is 5.46. The smallest absolute Gasteiger partial charge is 0.0999 e. The van der Waals surface area contributed by atoms with E-state index in [1.54, 1.807) is 0 Å². The molecular weight excluding hydrogens is 224 g/mol. The highest BCUT2D eigenvalue weighted by atomic mass is 15.4. The number of rotatable bonds is 4. The summed E-state index contributed by atoms with van der Waals surface area (Å²) in [6.45, 7) is 4.85. The Bertz CT molecular complexity index is 578. The first-order valence-corrected chi connectivity index (χ1v) is 6.08. The normalized spacial score (nSPS) is 10.3. The lowest BCUT2D eigenvalue weighted by molar-refractivity contribution is 0.622. The average molecular weight is 240 g/mol. The Morgan fingerprint density at radius 3 is 2.89 bits per heavy atom. The quantitative estimate of drug-likeness (QED) is 0.823. The zero-order valence-electron chi connectivity index (χ0n) is 10.7. The molecule has 0 N–H and O–H groups in total. The molecule has 18 heavy (non-hydrogen) atoms. The Morgan fingerprint density at radius 1 is 1.39 bits per heavy atom. The summed E-state index contributed by atoms with van der Waals surface area (Å²) in [5.41, 5.74) is 4.30. The maximum Gasteiger partial charge on any atom is 0.0999 e. The summed E-state index contributed by atoms with van der Waals surface area (Å²) in [5, 5.41) is 17.0. The van der Waals surface area contributed by atoms with Crippen LogP contribution in [0.5, 0.6) is 0 Å². The third-order valence-corrected chi connectivity index (χ3v) is 2.91. The molecule has 0 saturated heterocycles. The molecule has 0 spiro atoms. The van der Waals surface area contributed by atoms with E-state index in [0.29, 0.717) is 13.0 Å². The predicted molar refractivity (Wildman–Crippen MR) is 69.0 cm³/mol. The molecule has 2 aromatic rings. The van der Waals surface area contributed by atoms with Crippen LogP contribution in [-0.4, -0.2) is 15.0 Å². The van der Waals surface area contributed by atoms with Gasteiger partial charge < -0.3 is 0 Å². The number of nitriles is 1. The Kier molecular flexibility index (Phi) is 3.73. The van der Waals surface area contributed by atoms with Crippen LogP contribution in [0.4, 0.5) is 0 Å². The topological polar surface area (TPSA) is 54.5 Å². The average Bonchev–Trinajstić information content (AvgIpc) is 2.72. The molecule has 4 heteroatoms. The molecule has 1 heterocycles. The van der Waals surface area contributed by atoms with Crippen molar-refractivity contribution in [3.63, 3.8) is 0 Å². The molecule has 0 atom stereocenters. The van der Waals surface area contributed by atoms with Crippen molar-refractivity contribution in [1.82, 2.24) is 15.0 Å². The van der Waals surface area contributed by atoms with Gasteiger partial charge in [-0.25, -0.2) is 4.68 Å². The molecule has 1 aromatic heterocycles. The third-order valence-electron chi connectivity index (χ3n) is 2.91. The van der Waals surface area contributed by atoms with Gasteiger partial charge in [0.25, 0.3) is 0 Å². The van der Waals surface area contributed by atoms with E-state index < -0.39 is 0 Å². The number of hydrogen-bond acceptors (Lipinski definition) is 3. The van der Waals surface area contributed by atoms with Crippen LogP contribution in [0.3, 0.4) is 0 Å². The standard InChI is InChI=1S/C14H16N4/c1-3-14-13(7-8-15)16-17-18(14)10-12-6-4-5-11(2)9-12/h4-6,9H,3,7,10H2,1-2H3. The van der Waals surface area contributed by atoms with E-state index in [1.807, 2.05) is 10.7 Å². The first-order chi connectivity index (χ1) is 8.74. The number of hydrogen-bond donors (Lipinski definition) is 0. The van der Waals surface area contributed by atoms with E-state index in [9.17, 15) is 0 Å². The molecule has 2 rings (SSSR count). The van der Waals surface area contributed by atoms with Crippen molar-refractivity contribution in [3.05, 3.63) is 46.8 Å². The van der Waals surface area contributed by atoms with Gasteiger partial charge >= 0.3 is 0 Å². The van der Waals surface area contributed by atoms with Gasteiger partial charge in [0, 0.05) is 0 Å². The van der Waals surface area contributed by atoms with Gasteiger partial charge in [-0.05, 0) is 18.9 Å². The van der Waals surface area contributed by atoms with E-state index in [1.165, 1.54) is 11.1 Å². The van der Waals surface area contributed by atoms with Crippen molar-refractivity contribution in [2.24, 2.45) is 0 Å². The Labute approximate surface area is 107 Å². The second-order valence-electron chi connectivity index (χ2n) is 4.32. The molecular formula is C14H16N4. The lowest BCUT2D eigenvalue weighted by Gasteiger charge is -2.06. The maximum absolute atomic E-state index is 8.75. The Balaban J connectivity index is 2.27. The minimum absolute atomic E-state index is 0.330. The summed E-state index contributed by atoms with van der Waals surface area (Å²) in [6.07, 6.45) is 1.17. The number of benzene rings is 1. The van der Waals surface area contributed by atoms with Crippen LogP contribution < -0.4 is 0 Å². The van der Waals surface area contributed by atoms with Crippen molar-refractivity contribution in [2.45, 2.75) is 33.2 Å². The van der Waals surface area contributed by atoms with Gasteiger partial charge in [0.2, 0.25) is 0 Å². The minimum Gasteiger partial charge on any atom is -0.245 e. The summed E-state index contributed by atoms with van der Waals surface area (Å²) >= 11 is 0. The van der Waals surface area contributed by atoms with Gasteiger partial charge in [-0.1, -0.05) is 42.0 Å². The predicted octanol–water partition coefficient (Wildman–Crippen LogP) is 2.26. The van der Waals surface area contributed by atoms with Crippen molar-refractivity contribution < 1.29 is 0 Å². The fourth-order valence-corrected chi connectivity index (χ4v) is 2.08. The van der Waals surface area contributed by atoms with Crippen molar-refractivity contribution in [1.29, 1.82) is 5.26 Å². The summed E-state index contributed by atoms with van der Waals surface area (Å²) in [6, 6.07) is 10.5. The van der Waals surface area contributed by atoms with Crippen LogP contribution in [-0.2, 0) is 19.4 Å². The first kappa shape index (κ1) is 12.3.